The summed E-state index contributed by atoms with van der Waals surface area (Å²) in [6.45, 7) is 1.70. The van der Waals surface area contributed by atoms with E-state index in [0.29, 0.717) is 0 Å². The lowest BCUT2D eigenvalue weighted by atomic mass is 10.4. The molecule has 0 saturated carbocycles. The first-order valence-corrected chi connectivity index (χ1v) is 6.22. The first kappa shape index (κ1) is 8.83. The fourth-order valence-electron chi connectivity index (χ4n) is 0.812. The van der Waals surface area contributed by atoms with Crippen LogP contribution in [0.5, 0.6) is 0 Å². The molecule has 60 valence electrons. The second-order valence-corrected chi connectivity index (χ2v) is 6.23. The van der Waals surface area contributed by atoms with E-state index in [9.17, 15) is 4.57 Å². The number of alkyl halides is 1. The lowest BCUT2D eigenvalue weighted by Crippen LogP contribution is -2.02. The lowest BCUT2D eigenvalue weighted by Gasteiger charge is -2.07. The van der Waals surface area contributed by atoms with Crippen LogP contribution in [0.25, 0.3) is 0 Å². The van der Waals surface area contributed by atoms with Gasteiger partial charge in [-0.2, -0.15) is 0 Å². The molecule has 0 aliphatic heterocycles. The second kappa shape index (κ2) is 3.42. The molecule has 1 aromatic rings. The van der Waals surface area contributed by atoms with Crippen LogP contribution in [0.4, 0.5) is 0 Å². The smallest absolute Gasteiger partial charge is 0.126 e. The average Bonchev–Trinajstić information content (AvgIpc) is 2.06. The van der Waals surface area contributed by atoms with Crippen LogP contribution >= 0.6 is 18.7 Å². The first-order valence-electron chi connectivity index (χ1n) is 3.35. The van der Waals surface area contributed by atoms with Crippen LogP contribution in [0.1, 0.15) is 0 Å². The molecule has 1 nitrogen and oxygen atoms in total. The molecule has 0 N–H and O–H groups in total. The van der Waals surface area contributed by atoms with Gasteiger partial charge in [0, 0.05) is 5.30 Å². The SMILES string of the molecule is CP(=O)(CCl)c1ccccc1. The molecular formula is C8H10ClOP. The van der Waals surface area contributed by atoms with E-state index in [-0.39, 0.29) is 5.62 Å². The van der Waals surface area contributed by atoms with Crippen molar-refractivity contribution < 1.29 is 4.57 Å². The molecule has 0 aliphatic carbocycles. The van der Waals surface area contributed by atoms with Gasteiger partial charge in [-0.25, -0.2) is 0 Å². The zero-order chi connectivity index (χ0) is 8.32. The van der Waals surface area contributed by atoms with Crippen molar-refractivity contribution in [3.05, 3.63) is 30.3 Å². The van der Waals surface area contributed by atoms with Gasteiger partial charge in [-0.3, -0.25) is 0 Å². The standard InChI is InChI=1S/C8H10ClOP/c1-11(10,7-9)8-5-3-2-4-6-8/h2-6H,7H2,1H3. The first-order chi connectivity index (χ1) is 5.17. The molecule has 0 heterocycles. The van der Waals surface area contributed by atoms with Crippen molar-refractivity contribution in [2.24, 2.45) is 0 Å². The maximum atomic E-state index is 11.7. The Morgan fingerprint density at radius 1 is 1.36 bits per heavy atom. The van der Waals surface area contributed by atoms with Crippen LogP contribution in [0.2, 0.25) is 0 Å². The second-order valence-electron chi connectivity index (χ2n) is 2.56. The third kappa shape index (κ3) is 2.08. The minimum Gasteiger partial charge on any atom is -0.318 e. The van der Waals surface area contributed by atoms with E-state index >= 15 is 0 Å². The van der Waals surface area contributed by atoms with E-state index < -0.39 is 7.14 Å². The molecule has 0 amide bonds. The number of rotatable bonds is 2. The summed E-state index contributed by atoms with van der Waals surface area (Å²) in [5.41, 5.74) is 0.219. The minimum absolute atomic E-state index is 0.219. The van der Waals surface area contributed by atoms with Crippen molar-refractivity contribution in [3.8, 4) is 0 Å². The van der Waals surface area contributed by atoms with Gasteiger partial charge < -0.3 is 4.57 Å². The average molecular weight is 189 g/mol. The Hall–Kier alpha value is -0.260. The fraction of sp³-hybridized carbons (Fsp3) is 0.250. The lowest BCUT2D eigenvalue weighted by molar-refractivity contribution is 0.587. The third-order valence-corrected chi connectivity index (χ3v) is 4.75. The van der Waals surface area contributed by atoms with Crippen LogP contribution in [-0.4, -0.2) is 12.3 Å². The summed E-state index contributed by atoms with van der Waals surface area (Å²) in [6, 6.07) is 9.35. The van der Waals surface area contributed by atoms with Gasteiger partial charge in [-0.15, -0.1) is 11.6 Å². The molecule has 0 bridgehead atoms. The van der Waals surface area contributed by atoms with Crippen molar-refractivity contribution in [1.29, 1.82) is 0 Å². The summed E-state index contributed by atoms with van der Waals surface area (Å²) in [5, 5.41) is 0.856. The summed E-state index contributed by atoms with van der Waals surface area (Å²) >= 11 is 5.56. The summed E-state index contributed by atoms with van der Waals surface area (Å²) in [5.74, 6) is 0. The van der Waals surface area contributed by atoms with E-state index in [1.807, 2.05) is 30.3 Å². The van der Waals surface area contributed by atoms with Gasteiger partial charge in [0.25, 0.3) is 0 Å². The Balaban J connectivity index is 3.03. The maximum Gasteiger partial charge on any atom is 0.126 e. The van der Waals surface area contributed by atoms with Crippen LogP contribution in [0.15, 0.2) is 30.3 Å². The van der Waals surface area contributed by atoms with E-state index in [0.717, 1.165) is 5.30 Å². The molecule has 0 aromatic heterocycles. The zero-order valence-corrected chi connectivity index (χ0v) is 7.98. The Morgan fingerprint density at radius 3 is 2.36 bits per heavy atom. The van der Waals surface area contributed by atoms with Gasteiger partial charge in [0.2, 0.25) is 0 Å². The van der Waals surface area contributed by atoms with Gasteiger partial charge in [-0.05, 0) is 6.66 Å². The monoisotopic (exact) mass is 188 g/mol. The normalized spacial score (nSPS) is 15.8. The number of benzene rings is 1. The predicted molar refractivity (Wildman–Crippen MR) is 50.3 cm³/mol. The highest BCUT2D eigenvalue weighted by Gasteiger charge is 2.14. The molecule has 1 unspecified atom stereocenters. The van der Waals surface area contributed by atoms with Gasteiger partial charge in [0.15, 0.2) is 0 Å². The predicted octanol–water partition coefficient (Wildman–Crippen LogP) is 2.50. The number of hydrogen-bond donors (Lipinski definition) is 0. The summed E-state index contributed by atoms with van der Waals surface area (Å²) in [4.78, 5) is 0. The van der Waals surface area contributed by atoms with Gasteiger partial charge >= 0.3 is 0 Å². The Labute approximate surface area is 71.8 Å². The van der Waals surface area contributed by atoms with Crippen molar-refractivity contribution >= 4 is 24.0 Å². The number of halogens is 1. The molecule has 3 heteroatoms. The van der Waals surface area contributed by atoms with Crippen molar-refractivity contribution in [1.82, 2.24) is 0 Å². The highest BCUT2D eigenvalue weighted by atomic mass is 35.5. The molecular weight excluding hydrogens is 179 g/mol. The van der Waals surface area contributed by atoms with E-state index in [1.165, 1.54) is 0 Å². The Kier molecular flexibility index (Phi) is 2.75. The summed E-state index contributed by atoms with van der Waals surface area (Å²) < 4.78 is 11.7. The molecule has 0 aliphatic rings. The molecule has 0 spiro atoms. The molecule has 0 saturated heterocycles. The third-order valence-electron chi connectivity index (χ3n) is 1.53. The van der Waals surface area contributed by atoms with Crippen molar-refractivity contribution in [2.45, 2.75) is 0 Å². The highest BCUT2D eigenvalue weighted by Crippen LogP contribution is 2.40. The molecule has 1 rings (SSSR count). The topological polar surface area (TPSA) is 17.1 Å². The maximum absolute atomic E-state index is 11.7. The quantitative estimate of drug-likeness (QED) is 0.515. The molecule has 1 atom stereocenters. The Morgan fingerprint density at radius 2 is 1.91 bits per heavy atom. The number of hydrogen-bond acceptors (Lipinski definition) is 1. The molecule has 1 aromatic carbocycles. The van der Waals surface area contributed by atoms with Gasteiger partial charge in [0.1, 0.15) is 7.14 Å². The van der Waals surface area contributed by atoms with E-state index in [1.54, 1.807) is 6.66 Å². The molecule has 0 radical (unpaired) electrons. The van der Waals surface area contributed by atoms with Crippen molar-refractivity contribution in [2.75, 3.05) is 12.3 Å². The fourth-order valence-corrected chi connectivity index (χ4v) is 2.17. The molecule has 11 heavy (non-hydrogen) atoms. The van der Waals surface area contributed by atoms with Crippen LogP contribution in [0.3, 0.4) is 0 Å². The largest absolute Gasteiger partial charge is 0.318 e. The zero-order valence-electron chi connectivity index (χ0n) is 6.33. The van der Waals surface area contributed by atoms with Crippen molar-refractivity contribution in [3.63, 3.8) is 0 Å². The van der Waals surface area contributed by atoms with E-state index in [4.69, 9.17) is 11.6 Å². The van der Waals surface area contributed by atoms with Gasteiger partial charge in [0.05, 0.1) is 5.62 Å². The summed E-state index contributed by atoms with van der Waals surface area (Å²) in [6.07, 6.45) is 0. The molecule has 0 fully saturated rings. The van der Waals surface area contributed by atoms with Crippen LogP contribution in [0, 0.1) is 0 Å². The Bertz CT molecular complexity index is 271. The summed E-state index contributed by atoms with van der Waals surface area (Å²) in [7, 11) is -2.26. The van der Waals surface area contributed by atoms with Crippen LogP contribution in [-0.2, 0) is 4.57 Å². The van der Waals surface area contributed by atoms with E-state index in [2.05, 4.69) is 0 Å². The highest BCUT2D eigenvalue weighted by molar-refractivity contribution is 7.72. The van der Waals surface area contributed by atoms with Crippen LogP contribution < -0.4 is 5.30 Å². The van der Waals surface area contributed by atoms with Gasteiger partial charge in [-0.1, -0.05) is 30.3 Å². The minimum atomic E-state index is -2.26.